The average molecular weight is 288 g/mol. The molecule has 0 spiro atoms. The number of halogens is 2. The van der Waals surface area contributed by atoms with E-state index in [0.717, 1.165) is 17.3 Å². The lowest BCUT2D eigenvalue weighted by Gasteiger charge is -2.23. The Labute approximate surface area is 103 Å². The highest BCUT2D eigenvalue weighted by molar-refractivity contribution is 9.10. The van der Waals surface area contributed by atoms with Crippen molar-refractivity contribution >= 4 is 15.9 Å². The van der Waals surface area contributed by atoms with Gasteiger partial charge < -0.3 is 10.5 Å². The molecule has 16 heavy (non-hydrogen) atoms. The molecule has 1 aliphatic carbocycles. The minimum Gasteiger partial charge on any atom is -0.379 e. The van der Waals surface area contributed by atoms with Gasteiger partial charge in [-0.2, -0.15) is 0 Å². The molecule has 2 unspecified atom stereocenters. The molecule has 1 aromatic rings. The number of methoxy groups -OCH3 is 1. The van der Waals surface area contributed by atoms with Crippen molar-refractivity contribution in [2.75, 3.05) is 7.11 Å². The van der Waals surface area contributed by atoms with E-state index in [1.165, 1.54) is 6.07 Å². The Balaban J connectivity index is 2.24. The van der Waals surface area contributed by atoms with Crippen molar-refractivity contribution in [2.45, 2.75) is 25.0 Å². The number of benzene rings is 1. The summed E-state index contributed by atoms with van der Waals surface area (Å²) in [7, 11) is 1.64. The summed E-state index contributed by atoms with van der Waals surface area (Å²) in [6, 6.07) is 4.44. The van der Waals surface area contributed by atoms with Crippen molar-refractivity contribution in [3.05, 3.63) is 34.1 Å². The van der Waals surface area contributed by atoms with Gasteiger partial charge in [0.25, 0.3) is 0 Å². The molecule has 2 atom stereocenters. The second-order valence-corrected chi connectivity index (χ2v) is 5.15. The molecular formula is C12H15BrFNO. The van der Waals surface area contributed by atoms with Gasteiger partial charge >= 0.3 is 0 Å². The van der Waals surface area contributed by atoms with E-state index in [2.05, 4.69) is 15.9 Å². The lowest BCUT2D eigenvalue weighted by molar-refractivity contribution is 0.0614. The minimum absolute atomic E-state index is 0.0798. The highest BCUT2D eigenvalue weighted by Crippen LogP contribution is 2.39. The topological polar surface area (TPSA) is 35.2 Å². The summed E-state index contributed by atoms with van der Waals surface area (Å²) in [4.78, 5) is 0. The highest BCUT2D eigenvalue weighted by atomic mass is 79.9. The number of hydrogen-bond acceptors (Lipinski definition) is 2. The van der Waals surface area contributed by atoms with Gasteiger partial charge in [0.1, 0.15) is 5.82 Å². The molecule has 1 saturated carbocycles. The van der Waals surface area contributed by atoms with Crippen LogP contribution in [0.2, 0.25) is 0 Å². The van der Waals surface area contributed by atoms with Crippen molar-refractivity contribution in [3.63, 3.8) is 0 Å². The van der Waals surface area contributed by atoms with Crippen LogP contribution in [0.15, 0.2) is 22.7 Å². The van der Waals surface area contributed by atoms with Gasteiger partial charge in [-0.3, -0.25) is 0 Å². The van der Waals surface area contributed by atoms with Crippen LogP contribution in [0.4, 0.5) is 4.39 Å². The standard InChI is InChI=1S/C12H15BrFNO/c1-16-12(7-2-3-7)11(15)9-6-8(13)4-5-10(9)14/h4-7,11-12H,2-3,15H2,1H3. The van der Waals surface area contributed by atoms with Gasteiger partial charge in [0.15, 0.2) is 0 Å². The summed E-state index contributed by atoms with van der Waals surface area (Å²) in [5.41, 5.74) is 6.60. The summed E-state index contributed by atoms with van der Waals surface area (Å²) in [6.07, 6.45) is 2.17. The van der Waals surface area contributed by atoms with E-state index in [1.54, 1.807) is 19.2 Å². The van der Waals surface area contributed by atoms with Crippen molar-refractivity contribution in [3.8, 4) is 0 Å². The maximum absolute atomic E-state index is 13.6. The Kier molecular flexibility index (Phi) is 3.62. The Bertz CT molecular complexity index is 381. The van der Waals surface area contributed by atoms with Crippen LogP contribution in [0.25, 0.3) is 0 Å². The van der Waals surface area contributed by atoms with Gasteiger partial charge in [0, 0.05) is 17.1 Å². The SMILES string of the molecule is COC(C1CC1)C(N)c1cc(Br)ccc1F. The summed E-state index contributed by atoms with van der Waals surface area (Å²) in [6.45, 7) is 0. The predicted molar refractivity (Wildman–Crippen MR) is 64.5 cm³/mol. The molecule has 4 heteroatoms. The molecule has 0 saturated heterocycles. The summed E-state index contributed by atoms with van der Waals surface area (Å²) < 4.78 is 19.9. The van der Waals surface area contributed by atoms with Crippen molar-refractivity contribution in [1.29, 1.82) is 0 Å². The zero-order chi connectivity index (χ0) is 11.7. The maximum atomic E-state index is 13.6. The number of hydrogen-bond donors (Lipinski definition) is 1. The van der Waals surface area contributed by atoms with Crippen LogP contribution < -0.4 is 5.73 Å². The molecule has 0 aromatic heterocycles. The second-order valence-electron chi connectivity index (χ2n) is 4.23. The normalized spacial score (nSPS) is 19.5. The molecule has 0 amide bonds. The fourth-order valence-corrected chi connectivity index (χ4v) is 2.38. The molecule has 1 fully saturated rings. The van der Waals surface area contributed by atoms with Gasteiger partial charge in [0.2, 0.25) is 0 Å². The number of ether oxygens (including phenoxy) is 1. The molecule has 0 bridgehead atoms. The first kappa shape index (κ1) is 12.0. The van der Waals surface area contributed by atoms with E-state index < -0.39 is 6.04 Å². The zero-order valence-electron chi connectivity index (χ0n) is 9.12. The molecule has 2 nitrogen and oxygen atoms in total. The Morgan fingerprint density at radius 2 is 2.19 bits per heavy atom. The first-order valence-corrected chi connectivity index (χ1v) is 6.16. The smallest absolute Gasteiger partial charge is 0.128 e. The van der Waals surface area contributed by atoms with E-state index >= 15 is 0 Å². The third-order valence-electron chi connectivity index (χ3n) is 3.03. The van der Waals surface area contributed by atoms with E-state index in [-0.39, 0.29) is 11.9 Å². The molecule has 1 aromatic carbocycles. The Hall–Kier alpha value is -0.450. The zero-order valence-corrected chi connectivity index (χ0v) is 10.7. The van der Waals surface area contributed by atoms with E-state index in [0.29, 0.717) is 11.5 Å². The fraction of sp³-hybridized carbons (Fsp3) is 0.500. The third-order valence-corrected chi connectivity index (χ3v) is 3.52. The molecule has 1 aliphatic rings. The Morgan fingerprint density at radius 3 is 2.75 bits per heavy atom. The summed E-state index contributed by atoms with van der Waals surface area (Å²) >= 11 is 3.33. The van der Waals surface area contributed by atoms with Crippen molar-refractivity contribution < 1.29 is 9.13 Å². The lowest BCUT2D eigenvalue weighted by atomic mass is 9.98. The van der Waals surface area contributed by atoms with Gasteiger partial charge in [-0.15, -0.1) is 0 Å². The molecule has 0 heterocycles. The van der Waals surface area contributed by atoms with Crippen molar-refractivity contribution in [2.24, 2.45) is 11.7 Å². The molecule has 2 rings (SSSR count). The summed E-state index contributed by atoms with van der Waals surface area (Å²) in [5, 5.41) is 0. The van der Waals surface area contributed by atoms with Crippen LogP contribution >= 0.6 is 15.9 Å². The van der Waals surface area contributed by atoms with Crippen molar-refractivity contribution in [1.82, 2.24) is 0 Å². The quantitative estimate of drug-likeness (QED) is 0.924. The van der Waals surface area contributed by atoms with Crippen LogP contribution in [0.1, 0.15) is 24.4 Å². The monoisotopic (exact) mass is 287 g/mol. The first-order chi connectivity index (χ1) is 7.63. The van der Waals surface area contributed by atoms with Gasteiger partial charge in [0.05, 0.1) is 12.1 Å². The van der Waals surface area contributed by atoms with Gasteiger partial charge in [-0.1, -0.05) is 15.9 Å². The maximum Gasteiger partial charge on any atom is 0.128 e. The first-order valence-electron chi connectivity index (χ1n) is 5.37. The number of rotatable bonds is 4. The average Bonchev–Trinajstić information content (AvgIpc) is 3.07. The largest absolute Gasteiger partial charge is 0.379 e. The van der Waals surface area contributed by atoms with Crippen LogP contribution in [0.3, 0.4) is 0 Å². The molecule has 0 aliphatic heterocycles. The molecular weight excluding hydrogens is 273 g/mol. The number of nitrogens with two attached hydrogens (primary N) is 1. The Morgan fingerprint density at radius 1 is 1.50 bits per heavy atom. The predicted octanol–water partition coefficient (Wildman–Crippen LogP) is 3.01. The van der Waals surface area contributed by atoms with E-state index in [1.807, 2.05) is 0 Å². The third kappa shape index (κ3) is 2.44. The van der Waals surface area contributed by atoms with Crippen LogP contribution in [0.5, 0.6) is 0 Å². The van der Waals surface area contributed by atoms with Crippen LogP contribution in [0, 0.1) is 11.7 Å². The lowest BCUT2D eigenvalue weighted by Crippen LogP contribution is -2.30. The van der Waals surface area contributed by atoms with E-state index in [9.17, 15) is 4.39 Å². The summed E-state index contributed by atoms with van der Waals surface area (Å²) in [5.74, 6) is 0.219. The van der Waals surface area contributed by atoms with E-state index in [4.69, 9.17) is 10.5 Å². The second kappa shape index (κ2) is 4.82. The molecule has 2 N–H and O–H groups in total. The van der Waals surface area contributed by atoms with Gasteiger partial charge in [-0.25, -0.2) is 4.39 Å². The van der Waals surface area contributed by atoms with Crippen LogP contribution in [-0.4, -0.2) is 13.2 Å². The highest BCUT2D eigenvalue weighted by Gasteiger charge is 2.36. The van der Waals surface area contributed by atoms with Crippen LogP contribution in [-0.2, 0) is 4.74 Å². The fourth-order valence-electron chi connectivity index (χ4n) is 2.00. The minimum atomic E-state index is -0.394. The van der Waals surface area contributed by atoms with Gasteiger partial charge in [-0.05, 0) is 37.0 Å². The molecule has 88 valence electrons. The molecule has 0 radical (unpaired) electrons.